The number of anilines is 6. The zero-order valence-corrected chi connectivity index (χ0v) is 30.4. The average Bonchev–Trinajstić information content (AvgIpc) is 3.25. The van der Waals surface area contributed by atoms with Gasteiger partial charge in [-0.05, 0) is 94.7 Å². The zero-order valence-electron chi connectivity index (χ0n) is 29.6. The number of rotatable bonds is 6. The van der Waals surface area contributed by atoms with Crippen molar-refractivity contribution in [3.63, 3.8) is 0 Å². The SMILES string of the molecule is O=S(=O)(c1ccccc1)c1ccc(-c2cc(-c3cccc4ccccc34)c3cccc(N4c5ccccc5N(c5ccccc5)c5ccccc54)c3n2)cc1. The minimum absolute atomic E-state index is 0.239. The molecule has 0 radical (unpaired) electrons. The molecule has 2 heterocycles. The van der Waals surface area contributed by atoms with Crippen molar-refractivity contribution in [1.82, 2.24) is 4.98 Å². The van der Waals surface area contributed by atoms with E-state index in [0.29, 0.717) is 0 Å². The minimum atomic E-state index is -3.68. The van der Waals surface area contributed by atoms with Gasteiger partial charge in [0.25, 0.3) is 0 Å². The Balaban J connectivity index is 1.22. The van der Waals surface area contributed by atoms with Gasteiger partial charge in [-0.15, -0.1) is 0 Å². The fourth-order valence-electron chi connectivity index (χ4n) is 7.84. The highest BCUT2D eigenvalue weighted by Crippen LogP contribution is 2.55. The van der Waals surface area contributed by atoms with Crippen molar-refractivity contribution in [3.8, 4) is 22.4 Å². The number of para-hydroxylation sites is 6. The van der Waals surface area contributed by atoms with Crippen LogP contribution >= 0.6 is 0 Å². The predicted molar refractivity (Wildman–Crippen MR) is 225 cm³/mol. The van der Waals surface area contributed by atoms with E-state index in [9.17, 15) is 8.42 Å². The van der Waals surface area contributed by atoms with E-state index in [-0.39, 0.29) is 9.79 Å². The molecule has 262 valence electrons. The summed E-state index contributed by atoms with van der Waals surface area (Å²) in [5, 5.41) is 3.31. The third-order valence-electron chi connectivity index (χ3n) is 10.4. The quantitative estimate of drug-likeness (QED) is 0.171. The van der Waals surface area contributed by atoms with Crippen molar-refractivity contribution >= 4 is 65.6 Å². The Morgan fingerprint density at radius 1 is 0.400 bits per heavy atom. The molecule has 0 amide bonds. The third-order valence-corrected chi connectivity index (χ3v) is 12.2. The van der Waals surface area contributed by atoms with Gasteiger partial charge in [-0.2, -0.15) is 0 Å². The summed E-state index contributed by atoms with van der Waals surface area (Å²) >= 11 is 0. The molecule has 0 unspecified atom stereocenters. The summed E-state index contributed by atoms with van der Waals surface area (Å²) in [4.78, 5) is 10.6. The van der Waals surface area contributed by atoms with Gasteiger partial charge in [0.1, 0.15) is 0 Å². The fraction of sp³-hybridized carbons (Fsp3) is 0. The van der Waals surface area contributed by atoms with E-state index in [1.54, 1.807) is 36.4 Å². The maximum Gasteiger partial charge on any atom is 0.206 e. The first kappa shape index (κ1) is 32.6. The van der Waals surface area contributed by atoms with Crippen LogP contribution in [0.25, 0.3) is 44.1 Å². The second-order valence-electron chi connectivity index (χ2n) is 13.6. The van der Waals surface area contributed by atoms with E-state index in [1.165, 1.54) is 0 Å². The molecular weight excluding hydrogens is 695 g/mol. The van der Waals surface area contributed by atoms with E-state index >= 15 is 0 Å². The molecule has 6 heteroatoms. The Labute approximate surface area is 319 Å². The summed E-state index contributed by atoms with van der Waals surface area (Å²) in [5.74, 6) is 0. The predicted octanol–water partition coefficient (Wildman–Crippen LogP) is 12.8. The topological polar surface area (TPSA) is 53.5 Å². The van der Waals surface area contributed by atoms with Gasteiger partial charge in [0.2, 0.25) is 9.84 Å². The van der Waals surface area contributed by atoms with E-state index in [2.05, 4.69) is 149 Å². The number of fused-ring (bicyclic) bond motifs is 4. The van der Waals surface area contributed by atoms with Gasteiger partial charge in [0.05, 0.1) is 49.4 Å². The highest BCUT2D eigenvalue weighted by Gasteiger charge is 2.31. The molecule has 1 aliphatic rings. The molecule has 0 N–H and O–H groups in total. The summed E-state index contributed by atoms with van der Waals surface area (Å²) in [5.41, 5.74) is 10.8. The number of hydrogen-bond acceptors (Lipinski definition) is 5. The van der Waals surface area contributed by atoms with Gasteiger partial charge in [0.15, 0.2) is 0 Å². The molecule has 0 aliphatic carbocycles. The van der Waals surface area contributed by atoms with Crippen molar-refractivity contribution < 1.29 is 8.42 Å². The largest absolute Gasteiger partial charge is 0.306 e. The number of sulfone groups is 1. The van der Waals surface area contributed by atoms with Crippen LogP contribution in [0.2, 0.25) is 0 Å². The first-order chi connectivity index (χ1) is 27.1. The van der Waals surface area contributed by atoms with Crippen LogP contribution in [0.1, 0.15) is 0 Å². The van der Waals surface area contributed by atoms with E-state index in [0.717, 1.165) is 78.2 Å². The number of pyridine rings is 1. The zero-order chi connectivity index (χ0) is 36.9. The molecule has 1 aromatic heterocycles. The molecule has 8 aromatic carbocycles. The van der Waals surface area contributed by atoms with Crippen LogP contribution in [0.15, 0.2) is 210 Å². The lowest BCUT2D eigenvalue weighted by molar-refractivity contribution is 0.596. The monoisotopic (exact) mass is 727 g/mol. The Morgan fingerprint density at radius 2 is 0.909 bits per heavy atom. The number of aromatic nitrogens is 1. The smallest absolute Gasteiger partial charge is 0.206 e. The first-order valence-electron chi connectivity index (χ1n) is 18.2. The molecule has 1 aliphatic heterocycles. The lowest BCUT2D eigenvalue weighted by Crippen LogP contribution is -2.24. The van der Waals surface area contributed by atoms with E-state index in [1.807, 2.05) is 24.3 Å². The highest BCUT2D eigenvalue weighted by atomic mass is 32.2. The molecule has 10 rings (SSSR count). The van der Waals surface area contributed by atoms with Gasteiger partial charge in [-0.1, -0.05) is 127 Å². The van der Waals surface area contributed by atoms with Gasteiger partial charge in [-0.3, -0.25) is 0 Å². The summed E-state index contributed by atoms with van der Waals surface area (Å²) in [7, 11) is -3.68. The highest BCUT2D eigenvalue weighted by molar-refractivity contribution is 7.91. The Bertz CT molecular complexity index is 2950. The minimum Gasteiger partial charge on any atom is -0.306 e. The number of benzene rings is 8. The van der Waals surface area contributed by atoms with E-state index < -0.39 is 9.84 Å². The van der Waals surface area contributed by atoms with Crippen molar-refractivity contribution in [2.45, 2.75) is 9.79 Å². The summed E-state index contributed by atoms with van der Waals surface area (Å²) < 4.78 is 27.1. The van der Waals surface area contributed by atoms with E-state index in [4.69, 9.17) is 4.98 Å². The van der Waals surface area contributed by atoms with Crippen LogP contribution in [0, 0.1) is 0 Å². The fourth-order valence-corrected chi connectivity index (χ4v) is 9.13. The lowest BCUT2D eigenvalue weighted by atomic mass is 9.93. The number of nitrogens with zero attached hydrogens (tertiary/aromatic N) is 3. The van der Waals surface area contributed by atoms with Crippen LogP contribution < -0.4 is 9.80 Å². The molecule has 5 nitrogen and oxygen atoms in total. The standard InChI is InChI=1S/C49H33N3O2S/c53-55(54,37-19-5-2-6-20-37)38-31-29-35(30-32-38)43-33-42(40-22-13-16-34-15-7-8-21-39(34)40)41-23-14-28-48(49(41)50-43)52-46-26-11-9-24-44(46)51(36-17-3-1-4-18-36)45-25-10-12-27-47(45)52/h1-33H. The summed E-state index contributed by atoms with van der Waals surface area (Å²) in [6.45, 7) is 0. The van der Waals surface area contributed by atoms with Crippen LogP contribution in [0.4, 0.5) is 34.1 Å². The Hall–Kier alpha value is -7.02. The van der Waals surface area contributed by atoms with Crippen LogP contribution in [-0.2, 0) is 9.84 Å². The number of hydrogen-bond donors (Lipinski definition) is 0. The molecule has 0 atom stereocenters. The molecule has 0 spiro atoms. The van der Waals surface area contributed by atoms with Crippen molar-refractivity contribution in [3.05, 3.63) is 200 Å². The van der Waals surface area contributed by atoms with Crippen molar-refractivity contribution in [2.75, 3.05) is 9.80 Å². The molecule has 55 heavy (non-hydrogen) atoms. The molecule has 0 saturated carbocycles. The third kappa shape index (κ3) is 5.46. The van der Waals surface area contributed by atoms with Crippen LogP contribution in [-0.4, -0.2) is 13.4 Å². The lowest BCUT2D eigenvalue weighted by Gasteiger charge is -2.40. The normalized spacial score (nSPS) is 12.4. The van der Waals surface area contributed by atoms with Gasteiger partial charge in [0, 0.05) is 16.6 Å². The average molecular weight is 728 g/mol. The Morgan fingerprint density at radius 3 is 1.60 bits per heavy atom. The molecule has 0 saturated heterocycles. The summed E-state index contributed by atoms with van der Waals surface area (Å²) in [6.07, 6.45) is 0. The Kier molecular flexibility index (Phi) is 7.79. The van der Waals surface area contributed by atoms with Gasteiger partial charge < -0.3 is 9.80 Å². The molecule has 0 bridgehead atoms. The van der Waals surface area contributed by atoms with Gasteiger partial charge >= 0.3 is 0 Å². The van der Waals surface area contributed by atoms with Crippen LogP contribution in [0.5, 0.6) is 0 Å². The maximum atomic E-state index is 13.5. The van der Waals surface area contributed by atoms with Crippen LogP contribution in [0.3, 0.4) is 0 Å². The molecular formula is C49H33N3O2S. The second kappa shape index (κ2) is 13.1. The maximum absolute atomic E-state index is 13.5. The van der Waals surface area contributed by atoms with Crippen molar-refractivity contribution in [2.24, 2.45) is 0 Å². The molecule has 9 aromatic rings. The van der Waals surface area contributed by atoms with Gasteiger partial charge in [-0.25, -0.2) is 13.4 Å². The summed E-state index contributed by atoms with van der Waals surface area (Å²) in [6, 6.07) is 66.5. The second-order valence-corrected chi connectivity index (χ2v) is 15.5. The first-order valence-corrected chi connectivity index (χ1v) is 19.7. The van der Waals surface area contributed by atoms with Crippen molar-refractivity contribution in [1.29, 1.82) is 0 Å². The molecule has 0 fully saturated rings.